The fraction of sp³-hybridized carbons (Fsp3) is 0.545. The Morgan fingerprint density at radius 2 is 2.29 bits per heavy atom. The van der Waals surface area contributed by atoms with E-state index >= 15 is 0 Å². The zero-order chi connectivity index (χ0) is 12.3. The number of aryl methyl sites for hydroxylation is 2. The van der Waals surface area contributed by atoms with Gasteiger partial charge in [-0.05, 0) is 31.9 Å². The summed E-state index contributed by atoms with van der Waals surface area (Å²) in [6, 6.07) is 0.144. The molecule has 0 spiro atoms. The van der Waals surface area contributed by atoms with Crippen molar-refractivity contribution in [2.45, 2.75) is 32.9 Å². The van der Waals surface area contributed by atoms with Crippen LogP contribution >= 0.6 is 11.5 Å². The van der Waals surface area contributed by atoms with Gasteiger partial charge in [0.25, 0.3) is 0 Å². The molecule has 1 unspecified atom stereocenters. The van der Waals surface area contributed by atoms with Crippen molar-refractivity contribution in [2.24, 2.45) is 0 Å². The van der Waals surface area contributed by atoms with Crippen molar-refractivity contribution < 1.29 is 0 Å². The van der Waals surface area contributed by atoms with Crippen molar-refractivity contribution >= 4 is 11.5 Å². The summed E-state index contributed by atoms with van der Waals surface area (Å²) in [5, 5.41) is 11.8. The summed E-state index contributed by atoms with van der Waals surface area (Å²) in [6.07, 6.45) is 4.89. The standard InChI is InChI=1S/C11H17N5S/c1-4-9-11(17-15-14-9)10(12-3)8-6-13-16(5-2)7-8/h6-7,10,12H,4-5H2,1-3H3. The molecule has 2 heterocycles. The Balaban J connectivity index is 2.33. The van der Waals surface area contributed by atoms with Gasteiger partial charge >= 0.3 is 0 Å². The van der Waals surface area contributed by atoms with Crippen LogP contribution in [0.5, 0.6) is 0 Å². The van der Waals surface area contributed by atoms with Crippen LogP contribution in [0.4, 0.5) is 0 Å². The van der Waals surface area contributed by atoms with Crippen LogP contribution in [0, 0.1) is 0 Å². The van der Waals surface area contributed by atoms with Gasteiger partial charge in [0.1, 0.15) is 0 Å². The lowest BCUT2D eigenvalue weighted by Crippen LogP contribution is -2.17. The molecule has 5 nitrogen and oxygen atoms in total. The van der Waals surface area contributed by atoms with E-state index in [1.807, 2.05) is 17.9 Å². The molecule has 2 aromatic heterocycles. The second kappa shape index (κ2) is 5.37. The zero-order valence-electron chi connectivity index (χ0n) is 10.3. The molecule has 0 radical (unpaired) electrons. The van der Waals surface area contributed by atoms with E-state index in [1.165, 1.54) is 16.4 Å². The Morgan fingerprint density at radius 1 is 1.47 bits per heavy atom. The van der Waals surface area contributed by atoms with Crippen LogP contribution in [-0.4, -0.2) is 26.4 Å². The summed E-state index contributed by atoms with van der Waals surface area (Å²) in [7, 11) is 1.95. The molecule has 1 N–H and O–H groups in total. The largest absolute Gasteiger partial charge is 0.308 e. The molecule has 0 aliphatic carbocycles. The van der Waals surface area contributed by atoms with E-state index in [4.69, 9.17) is 0 Å². The minimum atomic E-state index is 0.144. The average Bonchev–Trinajstić information content (AvgIpc) is 2.99. The third-order valence-electron chi connectivity index (χ3n) is 2.78. The number of nitrogens with one attached hydrogen (secondary N) is 1. The summed E-state index contributed by atoms with van der Waals surface area (Å²) in [4.78, 5) is 1.19. The van der Waals surface area contributed by atoms with E-state index in [0.29, 0.717) is 0 Å². The maximum absolute atomic E-state index is 4.31. The van der Waals surface area contributed by atoms with E-state index in [-0.39, 0.29) is 6.04 Å². The Morgan fingerprint density at radius 3 is 2.88 bits per heavy atom. The van der Waals surface area contributed by atoms with Gasteiger partial charge in [-0.3, -0.25) is 4.68 Å². The van der Waals surface area contributed by atoms with Crippen LogP contribution in [0.1, 0.15) is 36.0 Å². The van der Waals surface area contributed by atoms with Gasteiger partial charge in [-0.1, -0.05) is 11.4 Å². The van der Waals surface area contributed by atoms with Gasteiger partial charge < -0.3 is 5.32 Å². The molecule has 0 fully saturated rings. The van der Waals surface area contributed by atoms with Crippen molar-refractivity contribution in [1.29, 1.82) is 0 Å². The molecule has 2 rings (SSSR count). The van der Waals surface area contributed by atoms with Crippen molar-refractivity contribution in [1.82, 2.24) is 24.7 Å². The average molecular weight is 251 g/mol. The SMILES string of the molecule is CCc1nnsc1C(NC)c1cnn(CC)c1. The minimum absolute atomic E-state index is 0.144. The third-order valence-corrected chi connectivity index (χ3v) is 3.61. The van der Waals surface area contributed by atoms with Crippen LogP contribution in [0.3, 0.4) is 0 Å². The molecule has 1 atom stereocenters. The lowest BCUT2D eigenvalue weighted by Gasteiger charge is -2.12. The molecule has 0 aliphatic heterocycles. The minimum Gasteiger partial charge on any atom is -0.308 e. The van der Waals surface area contributed by atoms with Crippen LogP contribution in [0.2, 0.25) is 0 Å². The van der Waals surface area contributed by atoms with E-state index in [1.54, 1.807) is 0 Å². The van der Waals surface area contributed by atoms with Crippen molar-refractivity contribution in [3.8, 4) is 0 Å². The molecule has 6 heteroatoms. The van der Waals surface area contributed by atoms with E-state index in [2.05, 4.69) is 40.0 Å². The van der Waals surface area contributed by atoms with Gasteiger partial charge in [0, 0.05) is 18.3 Å². The molecular formula is C11H17N5S. The van der Waals surface area contributed by atoms with Crippen LogP contribution in [0.15, 0.2) is 12.4 Å². The Labute approximate surface area is 105 Å². The summed E-state index contributed by atoms with van der Waals surface area (Å²) < 4.78 is 5.97. The van der Waals surface area contributed by atoms with Crippen LogP contribution < -0.4 is 5.32 Å². The zero-order valence-corrected chi connectivity index (χ0v) is 11.2. The predicted molar refractivity (Wildman–Crippen MR) is 68.1 cm³/mol. The molecule has 0 bridgehead atoms. The first-order valence-corrected chi connectivity index (χ1v) is 6.58. The first-order valence-electron chi connectivity index (χ1n) is 5.80. The normalized spacial score (nSPS) is 12.9. The van der Waals surface area contributed by atoms with Gasteiger partial charge in [0.05, 0.1) is 22.8 Å². The summed E-state index contributed by atoms with van der Waals surface area (Å²) >= 11 is 1.46. The fourth-order valence-corrected chi connectivity index (χ4v) is 2.71. The maximum atomic E-state index is 4.31. The number of nitrogens with zero attached hydrogens (tertiary/aromatic N) is 4. The first-order chi connectivity index (χ1) is 8.30. The Hall–Kier alpha value is -1.27. The van der Waals surface area contributed by atoms with Gasteiger partial charge in [-0.15, -0.1) is 5.10 Å². The molecule has 0 amide bonds. The van der Waals surface area contributed by atoms with Crippen molar-refractivity contribution in [3.05, 3.63) is 28.5 Å². The maximum Gasteiger partial charge on any atom is 0.0804 e. The highest BCUT2D eigenvalue weighted by Crippen LogP contribution is 2.26. The molecule has 0 saturated carbocycles. The highest BCUT2D eigenvalue weighted by molar-refractivity contribution is 7.05. The topological polar surface area (TPSA) is 55.6 Å². The second-order valence-corrected chi connectivity index (χ2v) is 4.57. The van der Waals surface area contributed by atoms with E-state index in [9.17, 15) is 0 Å². The monoisotopic (exact) mass is 251 g/mol. The van der Waals surface area contributed by atoms with Gasteiger partial charge in [-0.25, -0.2) is 0 Å². The Bertz CT molecular complexity index is 476. The molecular weight excluding hydrogens is 234 g/mol. The fourth-order valence-electron chi connectivity index (χ4n) is 1.83. The number of hydrogen-bond acceptors (Lipinski definition) is 5. The number of rotatable bonds is 5. The van der Waals surface area contributed by atoms with Crippen molar-refractivity contribution in [3.63, 3.8) is 0 Å². The molecule has 0 aliphatic rings. The van der Waals surface area contributed by atoms with Crippen molar-refractivity contribution in [2.75, 3.05) is 7.05 Å². The summed E-state index contributed by atoms with van der Waals surface area (Å²) in [5.41, 5.74) is 2.23. The van der Waals surface area contributed by atoms with Crippen LogP contribution in [-0.2, 0) is 13.0 Å². The number of aromatic nitrogens is 4. The molecule has 0 saturated heterocycles. The predicted octanol–water partition coefficient (Wildman–Crippen LogP) is 1.63. The van der Waals surface area contributed by atoms with Gasteiger partial charge in [-0.2, -0.15) is 5.10 Å². The van der Waals surface area contributed by atoms with Gasteiger partial charge in [0.2, 0.25) is 0 Å². The highest BCUT2D eigenvalue weighted by Gasteiger charge is 2.20. The summed E-state index contributed by atoms with van der Waals surface area (Å²) in [6.45, 7) is 5.07. The quantitative estimate of drug-likeness (QED) is 0.877. The molecule has 17 heavy (non-hydrogen) atoms. The highest BCUT2D eigenvalue weighted by atomic mass is 32.1. The number of hydrogen-bond donors (Lipinski definition) is 1. The van der Waals surface area contributed by atoms with E-state index < -0.39 is 0 Å². The van der Waals surface area contributed by atoms with Gasteiger partial charge in [0.15, 0.2) is 0 Å². The first kappa shape index (κ1) is 12.2. The molecule has 92 valence electrons. The second-order valence-electron chi connectivity index (χ2n) is 3.79. The smallest absolute Gasteiger partial charge is 0.0804 e. The molecule has 0 aromatic carbocycles. The Kier molecular flexibility index (Phi) is 3.86. The lowest BCUT2D eigenvalue weighted by molar-refractivity contribution is 0.654. The summed E-state index contributed by atoms with van der Waals surface area (Å²) in [5.74, 6) is 0. The van der Waals surface area contributed by atoms with E-state index in [0.717, 1.165) is 24.2 Å². The molecule has 2 aromatic rings. The van der Waals surface area contributed by atoms with Crippen LogP contribution in [0.25, 0.3) is 0 Å². The third kappa shape index (κ3) is 2.37. The lowest BCUT2D eigenvalue weighted by atomic mass is 10.1.